The number of H-pyrrole nitrogens is 1. The largest absolute Gasteiger partial charge is 0.414 e. The molecule has 0 spiro atoms. The molecule has 1 saturated heterocycles. The van der Waals surface area contributed by atoms with Crippen LogP contribution in [-0.2, 0) is 9.16 Å². The van der Waals surface area contributed by atoms with Gasteiger partial charge < -0.3 is 9.16 Å². The van der Waals surface area contributed by atoms with E-state index in [0.29, 0.717) is 16.9 Å². The van der Waals surface area contributed by atoms with Crippen molar-refractivity contribution < 1.29 is 9.16 Å². The van der Waals surface area contributed by atoms with Crippen LogP contribution in [-0.4, -0.2) is 30.6 Å². The van der Waals surface area contributed by atoms with Gasteiger partial charge in [0.15, 0.2) is 13.1 Å². The van der Waals surface area contributed by atoms with Crippen LogP contribution >= 0.6 is 12.2 Å². The molecule has 0 aromatic carbocycles. The zero-order valence-corrected chi connectivity index (χ0v) is 16.8. The van der Waals surface area contributed by atoms with Gasteiger partial charge in [-0.1, -0.05) is 20.8 Å². The van der Waals surface area contributed by atoms with Gasteiger partial charge in [-0.3, -0.25) is 14.3 Å². The summed E-state index contributed by atoms with van der Waals surface area (Å²) in [6.07, 6.45) is 3.57. The van der Waals surface area contributed by atoms with E-state index in [1.54, 1.807) is 13.1 Å². The maximum Gasteiger partial charge on any atom is 0.254 e. The Balaban J connectivity index is 2.01. The van der Waals surface area contributed by atoms with E-state index in [0.717, 1.165) is 12.8 Å². The summed E-state index contributed by atoms with van der Waals surface area (Å²) in [6.45, 7) is 13.6. The molecule has 2 rings (SSSR count). The molecule has 1 aromatic rings. The van der Waals surface area contributed by atoms with Gasteiger partial charge in [-0.25, -0.2) is 0 Å². The number of aryl methyl sites for hydroxylation is 1. The van der Waals surface area contributed by atoms with Crippen LogP contribution in [0.2, 0.25) is 18.1 Å². The van der Waals surface area contributed by atoms with Crippen molar-refractivity contribution in [3.8, 4) is 0 Å². The quantitative estimate of drug-likeness (QED) is 0.656. The van der Waals surface area contributed by atoms with Crippen LogP contribution in [0.3, 0.4) is 0 Å². The fourth-order valence-electron chi connectivity index (χ4n) is 2.33. The van der Waals surface area contributed by atoms with E-state index >= 15 is 0 Å². The first-order chi connectivity index (χ1) is 10.5. The molecule has 2 atom stereocenters. The predicted molar refractivity (Wildman–Crippen MR) is 96.9 cm³/mol. The lowest BCUT2D eigenvalue weighted by atomic mass is 10.2. The highest BCUT2D eigenvalue weighted by molar-refractivity contribution is 7.71. The van der Waals surface area contributed by atoms with Gasteiger partial charge in [-0.05, 0) is 50.1 Å². The van der Waals surface area contributed by atoms with E-state index in [-0.39, 0.29) is 22.9 Å². The second-order valence-electron chi connectivity index (χ2n) is 7.84. The van der Waals surface area contributed by atoms with Gasteiger partial charge in [0.05, 0.1) is 12.7 Å². The van der Waals surface area contributed by atoms with E-state index in [4.69, 9.17) is 21.4 Å². The van der Waals surface area contributed by atoms with Crippen molar-refractivity contribution in [1.82, 2.24) is 9.55 Å². The number of nitrogens with one attached hydrogen (secondary N) is 1. The number of rotatable bonds is 4. The molecule has 5 nitrogen and oxygen atoms in total. The Morgan fingerprint density at radius 1 is 1.43 bits per heavy atom. The number of ether oxygens (including phenoxy) is 1. The van der Waals surface area contributed by atoms with Crippen molar-refractivity contribution in [1.29, 1.82) is 0 Å². The summed E-state index contributed by atoms with van der Waals surface area (Å²) in [4.78, 5) is 14.3. The molecule has 1 aromatic heterocycles. The first-order valence-electron chi connectivity index (χ1n) is 8.13. The molecule has 0 saturated carbocycles. The summed E-state index contributed by atoms with van der Waals surface area (Å²) in [5.41, 5.74) is 0.505. The van der Waals surface area contributed by atoms with Gasteiger partial charge in [-0.15, -0.1) is 0 Å². The van der Waals surface area contributed by atoms with E-state index < -0.39 is 8.32 Å². The molecule has 0 aliphatic carbocycles. The molecule has 23 heavy (non-hydrogen) atoms. The molecule has 0 bridgehead atoms. The maximum absolute atomic E-state index is 11.6. The average Bonchev–Trinajstić information content (AvgIpc) is 2.88. The topological polar surface area (TPSA) is 56.2 Å². The summed E-state index contributed by atoms with van der Waals surface area (Å²) in [7, 11) is -1.76. The van der Waals surface area contributed by atoms with Gasteiger partial charge >= 0.3 is 0 Å². The lowest BCUT2D eigenvalue weighted by Crippen LogP contribution is -2.42. The molecule has 7 heteroatoms. The molecule has 2 heterocycles. The fraction of sp³-hybridized carbons (Fsp3) is 0.750. The van der Waals surface area contributed by atoms with Crippen molar-refractivity contribution >= 4 is 20.5 Å². The third kappa shape index (κ3) is 4.20. The third-order valence-corrected chi connectivity index (χ3v) is 9.79. The summed E-state index contributed by atoms with van der Waals surface area (Å²) < 4.78 is 14.6. The van der Waals surface area contributed by atoms with Crippen molar-refractivity contribution in [2.75, 3.05) is 6.61 Å². The molecular formula is C16H28N2O3SSi. The van der Waals surface area contributed by atoms with Gasteiger partial charge in [-0.2, -0.15) is 0 Å². The lowest BCUT2D eigenvalue weighted by Gasteiger charge is -2.36. The summed E-state index contributed by atoms with van der Waals surface area (Å²) in [5, 5.41) is 0.198. The average molecular weight is 357 g/mol. The minimum absolute atomic E-state index is 0.0864. The molecule has 130 valence electrons. The zero-order valence-electron chi connectivity index (χ0n) is 14.9. The summed E-state index contributed by atoms with van der Waals surface area (Å²) >= 11 is 5.25. The Kier molecular flexibility index (Phi) is 5.35. The predicted octanol–water partition coefficient (Wildman–Crippen LogP) is 3.91. The Labute approximate surface area is 144 Å². The summed E-state index contributed by atoms with van der Waals surface area (Å²) in [5.74, 6) is 0. The molecule has 1 aliphatic heterocycles. The smallest absolute Gasteiger partial charge is 0.254 e. The molecule has 1 aliphatic rings. The zero-order chi connectivity index (χ0) is 17.4. The number of aromatic amines is 1. The van der Waals surface area contributed by atoms with E-state index in [2.05, 4.69) is 38.8 Å². The molecule has 0 unspecified atom stereocenters. The number of hydrogen-bond acceptors (Lipinski definition) is 4. The van der Waals surface area contributed by atoms with Crippen molar-refractivity contribution in [3.63, 3.8) is 0 Å². The van der Waals surface area contributed by atoms with E-state index in [1.807, 2.05) is 4.57 Å². The van der Waals surface area contributed by atoms with Crippen LogP contribution in [0, 0.1) is 11.7 Å². The van der Waals surface area contributed by atoms with Crippen LogP contribution < -0.4 is 5.56 Å². The second-order valence-corrected chi connectivity index (χ2v) is 13.0. The first-order valence-corrected chi connectivity index (χ1v) is 11.4. The van der Waals surface area contributed by atoms with Crippen molar-refractivity contribution in [2.24, 2.45) is 0 Å². The third-order valence-electron chi connectivity index (χ3n) is 4.98. The minimum Gasteiger partial charge on any atom is -0.414 e. The van der Waals surface area contributed by atoms with E-state index in [9.17, 15) is 4.79 Å². The molecular weight excluding hydrogens is 328 g/mol. The van der Waals surface area contributed by atoms with Crippen molar-refractivity contribution in [2.45, 2.75) is 71.0 Å². The van der Waals surface area contributed by atoms with Gasteiger partial charge in [0, 0.05) is 11.8 Å². The Bertz CT molecular complexity index is 675. The first kappa shape index (κ1) is 18.6. The Hall–Kier alpha value is -0.763. The Morgan fingerprint density at radius 2 is 2.09 bits per heavy atom. The lowest BCUT2D eigenvalue weighted by molar-refractivity contribution is -0.0213. The fourth-order valence-corrected chi connectivity index (χ4v) is 3.63. The highest BCUT2D eigenvalue weighted by Gasteiger charge is 2.38. The Morgan fingerprint density at radius 3 is 2.70 bits per heavy atom. The number of hydrogen-bond donors (Lipinski definition) is 1. The minimum atomic E-state index is -1.76. The SMILES string of the molecule is Cc1cn([C@H]2CC[C@@H](CO[Si](C)(C)C(C)(C)C)O2)c(=S)[nH]c1=O. The number of aromatic nitrogens is 2. The van der Waals surface area contributed by atoms with Crippen LogP contribution in [0.5, 0.6) is 0 Å². The van der Waals surface area contributed by atoms with E-state index in [1.165, 1.54) is 0 Å². The van der Waals surface area contributed by atoms with Gasteiger partial charge in [0.1, 0.15) is 6.23 Å². The molecule has 0 amide bonds. The summed E-state index contributed by atoms with van der Waals surface area (Å²) in [6, 6.07) is 0. The monoisotopic (exact) mass is 356 g/mol. The maximum atomic E-state index is 11.6. The van der Waals surface area contributed by atoms with Crippen molar-refractivity contribution in [3.05, 3.63) is 26.9 Å². The van der Waals surface area contributed by atoms with Gasteiger partial charge in [0.25, 0.3) is 5.56 Å². The molecule has 0 radical (unpaired) electrons. The second kappa shape index (κ2) is 6.62. The normalized spacial score (nSPS) is 22.5. The molecule has 1 N–H and O–H groups in total. The van der Waals surface area contributed by atoms with Crippen LogP contribution in [0.4, 0.5) is 0 Å². The van der Waals surface area contributed by atoms with Gasteiger partial charge in [0.2, 0.25) is 0 Å². The molecule has 1 fully saturated rings. The van der Waals surface area contributed by atoms with Crippen LogP contribution in [0.15, 0.2) is 11.0 Å². The van der Waals surface area contributed by atoms with Crippen LogP contribution in [0.25, 0.3) is 0 Å². The highest BCUT2D eigenvalue weighted by atomic mass is 32.1. The highest BCUT2D eigenvalue weighted by Crippen LogP contribution is 2.37. The standard InChI is InChI=1S/C16H28N2O3SSi/c1-11-9-18(15(22)17-14(11)19)13-8-7-12(21-13)10-20-23(5,6)16(2,3)4/h9,12-13H,7-8,10H2,1-6H3,(H,17,19,22)/t12-,13+/m0/s1. The number of nitrogens with zero attached hydrogens (tertiary/aromatic N) is 1. The van der Waals surface area contributed by atoms with Crippen LogP contribution in [0.1, 0.15) is 45.4 Å².